The van der Waals surface area contributed by atoms with Crippen LogP contribution in [0, 0.1) is 0 Å². The Morgan fingerprint density at radius 2 is 0.784 bits per heavy atom. The highest BCUT2D eigenvalue weighted by atomic mass is 16.7. The summed E-state index contributed by atoms with van der Waals surface area (Å²) < 4.78 is 0. The van der Waals surface area contributed by atoms with Crippen molar-refractivity contribution >= 4 is 23.8 Å². The number of carbonyl (C=O) groups is 4. The first-order chi connectivity index (χ1) is 18.0. The second-order valence-corrected chi connectivity index (χ2v) is 10.4. The highest BCUT2D eigenvalue weighted by molar-refractivity contribution is 6.12. The molecule has 0 atom stereocenters. The molecule has 7 nitrogen and oxygen atoms in total. The largest absolute Gasteiger partial charge is 0.481 e. The number of rotatable bonds is 26. The molecule has 7 heteroatoms. The lowest BCUT2D eigenvalue weighted by Gasteiger charge is -2.12. The van der Waals surface area contributed by atoms with Crippen LogP contribution in [0.25, 0.3) is 0 Å². The third-order valence-corrected chi connectivity index (χ3v) is 6.98. The summed E-state index contributed by atoms with van der Waals surface area (Å²) in [4.78, 5) is 49.7. The highest BCUT2D eigenvalue weighted by Gasteiger charge is 2.27. The van der Waals surface area contributed by atoms with Crippen LogP contribution in [0.4, 0.5) is 0 Å². The molecule has 37 heavy (non-hydrogen) atoms. The molecule has 0 fully saturated rings. The molecule has 0 saturated heterocycles. The molecule has 0 aromatic heterocycles. The minimum Gasteiger partial charge on any atom is -0.481 e. The van der Waals surface area contributed by atoms with Crippen LogP contribution in [0.1, 0.15) is 154 Å². The van der Waals surface area contributed by atoms with Crippen molar-refractivity contribution in [2.45, 2.75) is 154 Å². The molecule has 0 spiro atoms. The molecule has 0 aromatic rings. The molecule has 0 aromatic carbocycles. The van der Waals surface area contributed by atoms with Gasteiger partial charge >= 0.3 is 11.9 Å². The minimum absolute atomic E-state index is 0.232. The Kier molecular flexibility index (Phi) is 20.4. The molecule has 0 bridgehead atoms. The Balaban J connectivity index is 1.70. The van der Waals surface area contributed by atoms with Gasteiger partial charge < -0.3 is 9.94 Å². The van der Waals surface area contributed by atoms with Gasteiger partial charge in [-0.25, -0.2) is 4.79 Å². The summed E-state index contributed by atoms with van der Waals surface area (Å²) in [6, 6.07) is 0. The first-order valence-corrected chi connectivity index (χ1v) is 15.0. The van der Waals surface area contributed by atoms with Crippen molar-refractivity contribution in [3.8, 4) is 0 Å². The van der Waals surface area contributed by atoms with E-state index in [9.17, 15) is 19.2 Å². The van der Waals surface area contributed by atoms with E-state index in [0.29, 0.717) is 11.5 Å². The van der Waals surface area contributed by atoms with Crippen LogP contribution in [0.2, 0.25) is 0 Å². The van der Waals surface area contributed by atoms with Crippen LogP contribution in [-0.2, 0) is 24.0 Å². The van der Waals surface area contributed by atoms with E-state index in [1.54, 1.807) is 0 Å². The molecule has 2 amide bonds. The van der Waals surface area contributed by atoms with Crippen LogP contribution in [-0.4, -0.2) is 33.9 Å². The van der Waals surface area contributed by atoms with Gasteiger partial charge in [0.15, 0.2) is 0 Å². The van der Waals surface area contributed by atoms with Gasteiger partial charge in [0.05, 0.1) is 0 Å². The molecule has 1 heterocycles. The Bertz CT molecular complexity index is 657. The average Bonchev–Trinajstić information content (AvgIpc) is 3.18. The van der Waals surface area contributed by atoms with Crippen molar-refractivity contribution in [1.29, 1.82) is 0 Å². The van der Waals surface area contributed by atoms with Crippen LogP contribution >= 0.6 is 0 Å². The van der Waals surface area contributed by atoms with E-state index in [-0.39, 0.29) is 6.42 Å². The normalized spacial score (nSPS) is 13.0. The minimum atomic E-state index is -0.672. The molecule has 0 unspecified atom stereocenters. The molecule has 0 aliphatic carbocycles. The molecule has 0 radical (unpaired) electrons. The summed E-state index contributed by atoms with van der Waals surface area (Å²) in [5, 5.41) is 9.13. The average molecular weight is 522 g/mol. The van der Waals surface area contributed by atoms with Crippen molar-refractivity contribution in [2.75, 3.05) is 0 Å². The Morgan fingerprint density at radius 1 is 0.514 bits per heavy atom. The number of carboxylic acid groups (broad SMARTS) is 1. The maximum atomic E-state index is 11.7. The van der Waals surface area contributed by atoms with E-state index in [1.165, 1.54) is 109 Å². The smallest absolute Gasteiger partial charge is 0.333 e. The fourth-order valence-electron chi connectivity index (χ4n) is 4.71. The monoisotopic (exact) mass is 521 g/mol. The molecular formula is C30H51NO6. The van der Waals surface area contributed by atoms with Crippen LogP contribution in [0.3, 0.4) is 0 Å². The van der Waals surface area contributed by atoms with Gasteiger partial charge in [0.25, 0.3) is 11.8 Å². The van der Waals surface area contributed by atoms with Crippen molar-refractivity contribution in [1.82, 2.24) is 5.06 Å². The van der Waals surface area contributed by atoms with Crippen LogP contribution in [0.15, 0.2) is 12.2 Å². The molecule has 1 rings (SSSR count). The van der Waals surface area contributed by atoms with Gasteiger partial charge in [0.2, 0.25) is 0 Å². The third kappa shape index (κ3) is 19.6. The predicted octanol–water partition coefficient (Wildman–Crippen LogP) is 7.82. The Hall–Kier alpha value is -2.18. The van der Waals surface area contributed by atoms with Crippen LogP contribution < -0.4 is 0 Å². The molecule has 0 saturated carbocycles. The van der Waals surface area contributed by atoms with Gasteiger partial charge in [-0.1, -0.05) is 133 Å². The number of imide groups is 1. The Labute approximate surface area is 224 Å². The zero-order valence-corrected chi connectivity index (χ0v) is 23.1. The number of amides is 2. The van der Waals surface area contributed by atoms with Crippen LogP contribution in [0.5, 0.6) is 0 Å². The standard InChI is InChI=1S/C30H51NO6/c32-27-25-26-28(33)31(27)37-30(36)24-22-20-18-16-14-12-10-8-6-4-2-1-3-5-7-9-11-13-15-17-19-21-23-29(34)35/h25-26H,1-24H2,(H,34,35). The summed E-state index contributed by atoms with van der Waals surface area (Å²) in [5.74, 6) is -2.40. The summed E-state index contributed by atoms with van der Waals surface area (Å²) in [5.41, 5.74) is 0. The maximum Gasteiger partial charge on any atom is 0.333 e. The first kappa shape index (κ1) is 32.8. The van der Waals surface area contributed by atoms with Crippen molar-refractivity contribution in [3.63, 3.8) is 0 Å². The second kappa shape index (κ2) is 23.0. The number of carbonyl (C=O) groups excluding carboxylic acids is 3. The third-order valence-electron chi connectivity index (χ3n) is 6.98. The number of unbranched alkanes of at least 4 members (excludes halogenated alkanes) is 21. The van der Waals surface area contributed by atoms with Crippen molar-refractivity contribution < 1.29 is 29.1 Å². The molecule has 1 aliphatic rings. The predicted molar refractivity (Wildman–Crippen MR) is 146 cm³/mol. The Morgan fingerprint density at radius 3 is 1.08 bits per heavy atom. The van der Waals surface area contributed by atoms with Gasteiger partial charge in [-0.2, -0.15) is 0 Å². The van der Waals surface area contributed by atoms with E-state index in [1.807, 2.05) is 0 Å². The molecule has 212 valence electrons. The van der Waals surface area contributed by atoms with E-state index in [4.69, 9.17) is 9.94 Å². The van der Waals surface area contributed by atoms with E-state index < -0.39 is 23.8 Å². The lowest BCUT2D eigenvalue weighted by molar-refractivity contribution is -0.196. The molecular weight excluding hydrogens is 470 g/mol. The number of hydrogen-bond donors (Lipinski definition) is 1. The number of aliphatic carboxylic acids is 1. The van der Waals surface area contributed by atoms with Gasteiger partial charge in [-0.3, -0.25) is 14.4 Å². The quantitative estimate of drug-likeness (QED) is 0.0920. The van der Waals surface area contributed by atoms with E-state index in [2.05, 4.69) is 0 Å². The number of hydrogen-bond acceptors (Lipinski definition) is 5. The molecule has 1 N–H and O–H groups in total. The zero-order valence-electron chi connectivity index (χ0n) is 23.1. The topological polar surface area (TPSA) is 101 Å². The second-order valence-electron chi connectivity index (χ2n) is 10.4. The number of hydroxylamine groups is 2. The lowest BCUT2D eigenvalue weighted by Crippen LogP contribution is -2.32. The van der Waals surface area contributed by atoms with E-state index >= 15 is 0 Å². The summed E-state index contributed by atoms with van der Waals surface area (Å²) in [6.07, 6.45) is 29.8. The fourth-order valence-corrected chi connectivity index (χ4v) is 4.71. The summed E-state index contributed by atoms with van der Waals surface area (Å²) in [7, 11) is 0. The van der Waals surface area contributed by atoms with Gasteiger partial charge in [-0.05, 0) is 12.8 Å². The number of carboxylic acids is 1. The summed E-state index contributed by atoms with van der Waals surface area (Å²) >= 11 is 0. The van der Waals surface area contributed by atoms with Gasteiger partial charge in [0, 0.05) is 25.0 Å². The fraction of sp³-hybridized carbons (Fsp3) is 0.800. The lowest BCUT2D eigenvalue weighted by atomic mass is 10.0. The summed E-state index contributed by atoms with van der Waals surface area (Å²) in [6.45, 7) is 0. The van der Waals surface area contributed by atoms with E-state index in [0.717, 1.165) is 44.3 Å². The number of nitrogens with zero attached hydrogens (tertiary/aromatic N) is 1. The van der Waals surface area contributed by atoms with Crippen molar-refractivity contribution in [2.24, 2.45) is 0 Å². The molecule has 1 aliphatic heterocycles. The highest BCUT2D eigenvalue weighted by Crippen LogP contribution is 2.16. The SMILES string of the molecule is O=C(O)CCCCCCCCCCCCCCCCCCCCCCCCC(=O)ON1C(=O)C=CC1=O. The zero-order chi connectivity index (χ0) is 27.0. The first-order valence-electron chi connectivity index (χ1n) is 15.0. The van der Waals surface area contributed by atoms with Gasteiger partial charge in [-0.15, -0.1) is 0 Å². The maximum absolute atomic E-state index is 11.7. The van der Waals surface area contributed by atoms with Gasteiger partial charge in [0.1, 0.15) is 0 Å². The van der Waals surface area contributed by atoms with Crippen molar-refractivity contribution in [3.05, 3.63) is 12.2 Å².